The van der Waals surface area contributed by atoms with Crippen molar-refractivity contribution in [3.63, 3.8) is 0 Å². The number of alkyl halides is 3. The topological polar surface area (TPSA) is 12.9 Å². The molecule has 6 heteroatoms. The second-order valence-electron chi connectivity index (χ2n) is 1.64. The Bertz CT molecular complexity index is 232. The summed E-state index contributed by atoms with van der Waals surface area (Å²) in [6.45, 7) is 3.25. The molecule has 1 nitrogen and oxygen atoms in total. The largest absolute Gasteiger partial charge is 0.441 e. The van der Waals surface area contributed by atoms with Gasteiger partial charge in [-0.05, 0) is 0 Å². The SMILES string of the molecule is [CH2-]c1csc(C(F)(F)F)n1.[Sm]. The summed E-state index contributed by atoms with van der Waals surface area (Å²) in [4.78, 5) is 3.16. The molecular formula is C5H3F3NSSm-. The van der Waals surface area contributed by atoms with Crippen LogP contribution in [-0.2, 0) is 6.18 Å². The van der Waals surface area contributed by atoms with Gasteiger partial charge in [-0.1, -0.05) is 5.69 Å². The zero-order valence-electron chi connectivity index (χ0n) is 5.18. The molecule has 0 bridgehead atoms. The van der Waals surface area contributed by atoms with Crippen LogP contribution in [0.1, 0.15) is 10.7 Å². The van der Waals surface area contributed by atoms with Gasteiger partial charge in [-0.25, -0.2) is 18.3 Å². The number of thiazole rings is 1. The van der Waals surface area contributed by atoms with Crippen LogP contribution in [0.15, 0.2) is 5.38 Å². The first-order chi connectivity index (χ1) is 4.50. The number of rotatable bonds is 0. The molecule has 0 N–H and O–H groups in total. The van der Waals surface area contributed by atoms with Crippen LogP contribution in [0.3, 0.4) is 0 Å². The van der Waals surface area contributed by atoms with Gasteiger partial charge in [0.05, 0.1) is 0 Å². The van der Waals surface area contributed by atoms with Crippen molar-refractivity contribution < 1.29 is 53.6 Å². The van der Waals surface area contributed by atoms with E-state index in [1.165, 1.54) is 5.38 Å². The summed E-state index contributed by atoms with van der Waals surface area (Å²) in [7, 11) is 0. The number of nitrogens with zero attached hydrogens (tertiary/aromatic N) is 1. The Hall–Kier alpha value is 0.628. The smallest absolute Gasteiger partial charge is 0.274 e. The molecule has 0 radical (unpaired) electrons. The van der Waals surface area contributed by atoms with Crippen LogP contribution >= 0.6 is 11.3 Å². The zero-order chi connectivity index (χ0) is 7.78. The van der Waals surface area contributed by atoms with Crippen molar-refractivity contribution in [3.8, 4) is 0 Å². The third kappa shape index (κ3) is 3.24. The van der Waals surface area contributed by atoms with E-state index >= 15 is 0 Å². The molecule has 0 amide bonds. The molecule has 0 aromatic carbocycles. The minimum Gasteiger partial charge on any atom is -0.274 e. The molecule has 0 atom stereocenters. The molecule has 11 heavy (non-hydrogen) atoms. The van der Waals surface area contributed by atoms with Gasteiger partial charge in [-0.15, -0.1) is 5.38 Å². The van der Waals surface area contributed by atoms with Crippen molar-refractivity contribution in [1.29, 1.82) is 0 Å². The summed E-state index contributed by atoms with van der Waals surface area (Å²) < 4.78 is 35.2. The summed E-state index contributed by atoms with van der Waals surface area (Å²) in [6.07, 6.45) is -4.32. The van der Waals surface area contributed by atoms with Crippen LogP contribution in [-0.4, -0.2) is 4.98 Å². The molecule has 0 fully saturated rings. The molecule has 0 aliphatic rings. The molecule has 62 valence electrons. The van der Waals surface area contributed by atoms with E-state index in [1.54, 1.807) is 0 Å². The predicted octanol–water partition coefficient (Wildman–Crippen LogP) is 2.34. The maximum Gasteiger partial charge on any atom is 0.441 e. The van der Waals surface area contributed by atoms with E-state index in [1.807, 2.05) is 0 Å². The molecule has 1 aromatic heterocycles. The van der Waals surface area contributed by atoms with E-state index in [0.29, 0.717) is 11.3 Å². The third-order valence-electron chi connectivity index (χ3n) is 0.794. The zero-order valence-corrected chi connectivity index (χ0v) is 8.62. The molecule has 0 aliphatic carbocycles. The first kappa shape index (κ1) is 11.6. The molecule has 0 saturated carbocycles. The molecule has 1 rings (SSSR count). The Labute approximate surface area is 98.1 Å². The predicted molar refractivity (Wildman–Crippen MR) is 31.6 cm³/mol. The van der Waals surface area contributed by atoms with Gasteiger partial charge < -0.3 is 0 Å². The van der Waals surface area contributed by atoms with Gasteiger partial charge >= 0.3 is 6.18 Å². The average Bonchev–Trinajstić information content (AvgIpc) is 2.11. The Balaban J connectivity index is 0.000001000. The summed E-state index contributed by atoms with van der Waals surface area (Å²) in [6, 6.07) is 0. The molecule has 0 spiro atoms. The van der Waals surface area contributed by atoms with Crippen LogP contribution in [0.25, 0.3) is 0 Å². The van der Waals surface area contributed by atoms with E-state index in [2.05, 4.69) is 11.9 Å². The standard InChI is InChI=1S/C5H3F3NS.Sm/c1-3-2-10-4(9-3)5(6,7)8;/h2H,1H2;/q-1;. The van der Waals surface area contributed by atoms with Crippen LogP contribution < -0.4 is 0 Å². The maximum atomic E-state index is 11.7. The van der Waals surface area contributed by atoms with Crippen molar-refractivity contribution in [2.75, 3.05) is 0 Å². The van der Waals surface area contributed by atoms with Crippen LogP contribution in [0.5, 0.6) is 0 Å². The van der Waals surface area contributed by atoms with Gasteiger partial charge in [0, 0.05) is 40.4 Å². The van der Waals surface area contributed by atoms with Crippen molar-refractivity contribution >= 4 is 11.3 Å². The van der Waals surface area contributed by atoms with Gasteiger partial charge in [0.1, 0.15) is 0 Å². The van der Waals surface area contributed by atoms with Gasteiger partial charge in [0.15, 0.2) is 5.01 Å². The van der Waals surface area contributed by atoms with Crippen molar-refractivity contribution in [2.24, 2.45) is 0 Å². The quantitative estimate of drug-likeness (QED) is 0.670. The normalized spacial score (nSPS) is 10.8. The third-order valence-corrected chi connectivity index (χ3v) is 1.73. The molecular weight excluding hydrogens is 313 g/mol. The second kappa shape index (κ2) is 4.03. The Morgan fingerprint density at radius 3 is 2.18 bits per heavy atom. The fourth-order valence-electron chi connectivity index (χ4n) is 0.437. The minimum absolute atomic E-state index is 0. The van der Waals surface area contributed by atoms with Crippen LogP contribution in [0.2, 0.25) is 0 Å². The van der Waals surface area contributed by atoms with Gasteiger partial charge in [-0.2, -0.15) is 13.2 Å². The number of aromatic nitrogens is 1. The Morgan fingerprint density at radius 1 is 1.45 bits per heavy atom. The van der Waals surface area contributed by atoms with Crippen LogP contribution in [0.4, 0.5) is 13.2 Å². The number of halogens is 3. The van der Waals surface area contributed by atoms with Crippen molar-refractivity contribution in [1.82, 2.24) is 4.98 Å². The summed E-state index contributed by atoms with van der Waals surface area (Å²) in [5.41, 5.74) is 0.164. The van der Waals surface area contributed by atoms with E-state index in [4.69, 9.17) is 0 Å². The fraction of sp³-hybridized carbons (Fsp3) is 0.200. The first-order valence-electron chi connectivity index (χ1n) is 2.35. The number of hydrogen-bond donors (Lipinski definition) is 0. The number of hydrogen-bond acceptors (Lipinski definition) is 2. The van der Waals surface area contributed by atoms with Gasteiger partial charge in [-0.3, -0.25) is 4.98 Å². The Kier molecular flexibility index (Phi) is 4.26. The van der Waals surface area contributed by atoms with Crippen LogP contribution in [0, 0.1) is 47.3 Å². The van der Waals surface area contributed by atoms with E-state index < -0.39 is 11.2 Å². The van der Waals surface area contributed by atoms with Gasteiger partial charge in [0.2, 0.25) is 0 Å². The second-order valence-corrected chi connectivity index (χ2v) is 2.50. The van der Waals surface area contributed by atoms with E-state index in [-0.39, 0.29) is 46.1 Å². The molecule has 0 unspecified atom stereocenters. The average molecular weight is 317 g/mol. The van der Waals surface area contributed by atoms with Crippen molar-refractivity contribution in [2.45, 2.75) is 6.18 Å². The molecule has 1 aromatic rings. The summed E-state index contributed by atoms with van der Waals surface area (Å²) in [5.74, 6) is 0. The van der Waals surface area contributed by atoms with E-state index in [0.717, 1.165) is 0 Å². The van der Waals surface area contributed by atoms with Gasteiger partial charge in [0.25, 0.3) is 0 Å². The van der Waals surface area contributed by atoms with Crippen molar-refractivity contribution in [3.05, 3.63) is 23.0 Å². The minimum atomic E-state index is -4.32. The molecule has 1 heterocycles. The summed E-state index contributed by atoms with van der Waals surface area (Å²) >= 11 is 0.558. The fourth-order valence-corrected chi connectivity index (χ4v) is 1.04. The van der Waals surface area contributed by atoms with E-state index in [9.17, 15) is 13.2 Å². The molecule has 0 saturated heterocycles. The maximum absolute atomic E-state index is 11.7. The monoisotopic (exact) mass is 318 g/mol. The summed E-state index contributed by atoms with van der Waals surface area (Å²) in [5, 5.41) is 0.431. The first-order valence-corrected chi connectivity index (χ1v) is 3.23. The molecule has 0 aliphatic heterocycles. The Morgan fingerprint density at radius 2 is 2.00 bits per heavy atom.